The molecule has 0 saturated heterocycles. The summed E-state index contributed by atoms with van der Waals surface area (Å²) in [7, 11) is 0. The van der Waals surface area contributed by atoms with E-state index in [9.17, 15) is 9.59 Å². The predicted octanol–water partition coefficient (Wildman–Crippen LogP) is 8.55. The topological polar surface area (TPSA) is 52.6 Å². The fourth-order valence-electron chi connectivity index (χ4n) is 3.91. The molecule has 0 aliphatic rings. The molecule has 0 aliphatic heterocycles. The summed E-state index contributed by atoms with van der Waals surface area (Å²) in [6.45, 7) is 9.13. The van der Waals surface area contributed by atoms with Gasteiger partial charge in [-0.05, 0) is 38.5 Å². The van der Waals surface area contributed by atoms with Gasteiger partial charge in [-0.25, -0.2) is 0 Å². The van der Waals surface area contributed by atoms with Crippen LogP contribution in [0, 0.1) is 5.92 Å². The van der Waals surface area contributed by atoms with Crippen LogP contribution >= 0.6 is 0 Å². The maximum Gasteiger partial charge on any atom is 0.306 e. The minimum Gasteiger partial charge on any atom is -0.466 e. The second-order valence-electron chi connectivity index (χ2n) is 9.94. The van der Waals surface area contributed by atoms with E-state index in [0.717, 1.165) is 32.1 Å². The van der Waals surface area contributed by atoms with Gasteiger partial charge >= 0.3 is 11.9 Å². The minimum absolute atomic E-state index is 0.0382. The average Bonchev–Trinajstić information content (AvgIpc) is 2.73. The van der Waals surface area contributed by atoms with E-state index in [1.165, 1.54) is 70.6 Å². The minimum atomic E-state index is -0.202. The average molecular weight is 455 g/mol. The summed E-state index contributed by atoms with van der Waals surface area (Å²) >= 11 is 0. The lowest BCUT2D eigenvalue weighted by atomic mass is 10.0. The molecule has 0 aliphatic carbocycles. The van der Waals surface area contributed by atoms with Gasteiger partial charge in [0.15, 0.2) is 0 Å². The number of rotatable bonds is 23. The third-order valence-electron chi connectivity index (χ3n) is 6.00. The maximum absolute atomic E-state index is 11.9. The van der Waals surface area contributed by atoms with Crippen molar-refractivity contribution in [3.63, 3.8) is 0 Å². The van der Waals surface area contributed by atoms with Gasteiger partial charge < -0.3 is 9.47 Å². The van der Waals surface area contributed by atoms with Gasteiger partial charge in [0.05, 0.1) is 12.7 Å². The monoisotopic (exact) mass is 454 g/mol. The molecule has 0 aromatic heterocycles. The fraction of sp³-hybridized carbons (Fsp3) is 0.929. The van der Waals surface area contributed by atoms with Gasteiger partial charge in [0.25, 0.3) is 0 Å². The molecule has 32 heavy (non-hydrogen) atoms. The number of hydrogen-bond donors (Lipinski definition) is 0. The molecule has 0 bridgehead atoms. The summed E-state index contributed by atoms with van der Waals surface area (Å²) in [6.07, 6.45) is 21.2. The lowest BCUT2D eigenvalue weighted by Crippen LogP contribution is -2.15. The largest absolute Gasteiger partial charge is 0.466 e. The van der Waals surface area contributed by atoms with E-state index in [4.69, 9.17) is 9.47 Å². The first-order valence-electron chi connectivity index (χ1n) is 13.8. The van der Waals surface area contributed by atoms with Crippen molar-refractivity contribution >= 4 is 11.9 Å². The fourth-order valence-corrected chi connectivity index (χ4v) is 3.91. The first-order valence-corrected chi connectivity index (χ1v) is 13.8. The van der Waals surface area contributed by atoms with Crippen LogP contribution in [0.2, 0.25) is 0 Å². The molecule has 190 valence electrons. The zero-order valence-corrected chi connectivity index (χ0v) is 21.9. The highest BCUT2D eigenvalue weighted by atomic mass is 16.5. The Morgan fingerprint density at radius 2 is 1.09 bits per heavy atom. The second kappa shape index (κ2) is 23.1. The summed E-state index contributed by atoms with van der Waals surface area (Å²) in [4.78, 5) is 23.7. The molecular weight excluding hydrogens is 400 g/mol. The van der Waals surface area contributed by atoms with Crippen LogP contribution in [-0.2, 0) is 19.1 Å². The standard InChI is InChI=1S/C28H54O4/c1-5-6-7-8-9-10-11-12-13-14-15-16-17-24-31-27(29)22-19-23-28(30)32-26(4)21-18-20-25(2)3/h25-26H,5-24H2,1-4H3. The normalized spacial score (nSPS) is 12.2. The van der Waals surface area contributed by atoms with Gasteiger partial charge in [-0.2, -0.15) is 0 Å². The molecule has 4 heteroatoms. The molecule has 1 atom stereocenters. The Kier molecular flexibility index (Phi) is 22.3. The van der Waals surface area contributed by atoms with Crippen molar-refractivity contribution in [2.24, 2.45) is 5.92 Å². The van der Waals surface area contributed by atoms with Crippen LogP contribution in [0.25, 0.3) is 0 Å². The summed E-state index contributed by atoms with van der Waals surface area (Å²) in [5, 5.41) is 0. The van der Waals surface area contributed by atoms with Crippen LogP contribution < -0.4 is 0 Å². The molecule has 0 spiro atoms. The van der Waals surface area contributed by atoms with E-state index in [0.29, 0.717) is 31.8 Å². The Labute approximate surface area is 199 Å². The third kappa shape index (κ3) is 23.6. The Balaban J connectivity index is 3.38. The van der Waals surface area contributed by atoms with Crippen LogP contribution in [-0.4, -0.2) is 24.6 Å². The van der Waals surface area contributed by atoms with Gasteiger partial charge in [-0.1, -0.05) is 104 Å². The first-order chi connectivity index (χ1) is 15.5. The van der Waals surface area contributed by atoms with Gasteiger partial charge in [0, 0.05) is 12.8 Å². The second-order valence-corrected chi connectivity index (χ2v) is 9.94. The van der Waals surface area contributed by atoms with Crippen molar-refractivity contribution in [3.05, 3.63) is 0 Å². The molecule has 0 saturated carbocycles. The van der Waals surface area contributed by atoms with Crippen molar-refractivity contribution < 1.29 is 19.1 Å². The highest BCUT2D eigenvalue weighted by molar-refractivity contribution is 5.72. The molecule has 0 radical (unpaired) electrons. The van der Waals surface area contributed by atoms with E-state index in [-0.39, 0.29) is 18.0 Å². The van der Waals surface area contributed by atoms with E-state index in [2.05, 4.69) is 20.8 Å². The molecule has 0 N–H and O–H groups in total. The highest BCUT2D eigenvalue weighted by Gasteiger charge is 2.11. The molecule has 0 aromatic rings. The number of hydrogen-bond acceptors (Lipinski definition) is 4. The number of ether oxygens (including phenoxy) is 2. The lowest BCUT2D eigenvalue weighted by Gasteiger charge is -2.13. The summed E-state index contributed by atoms with van der Waals surface area (Å²) in [6, 6.07) is 0. The van der Waals surface area contributed by atoms with E-state index in [1.807, 2.05) is 6.92 Å². The summed E-state index contributed by atoms with van der Waals surface area (Å²) < 4.78 is 10.7. The van der Waals surface area contributed by atoms with Crippen molar-refractivity contribution in [1.29, 1.82) is 0 Å². The van der Waals surface area contributed by atoms with Gasteiger partial charge in [0.2, 0.25) is 0 Å². The molecule has 4 nitrogen and oxygen atoms in total. The zero-order valence-electron chi connectivity index (χ0n) is 21.9. The Bertz CT molecular complexity index is 433. The smallest absolute Gasteiger partial charge is 0.306 e. The molecule has 0 amide bonds. The van der Waals surface area contributed by atoms with E-state index < -0.39 is 0 Å². The summed E-state index contributed by atoms with van der Waals surface area (Å²) in [5.41, 5.74) is 0. The van der Waals surface area contributed by atoms with E-state index >= 15 is 0 Å². The van der Waals surface area contributed by atoms with Crippen molar-refractivity contribution in [1.82, 2.24) is 0 Å². The number of carbonyl (C=O) groups excluding carboxylic acids is 2. The Hall–Kier alpha value is -1.06. The quantitative estimate of drug-likeness (QED) is 0.115. The molecule has 0 rings (SSSR count). The van der Waals surface area contributed by atoms with Gasteiger partial charge in [-0.15, -0.1) is 0 Å². The first kappa shape index (κ1) is 30.9. The predicted molar refractivity (Wildman–Crippen MR) is 135 cm³/mol. The van der Waals surface area contributed by atoms with Crippen molar-refractivity contribution in [3.8, 4) is 0 Å². The van der Waals surface area contributed by atoms with Crippen LogP contribution in [0.15, 0.2) is 0 Å². The maximum atomic E-state index is 11.9. The number of unbranched alkanes of at least 4 members (excludes halogenated alkanes) is 12. The zero-order chi connectivity index (χ0) is 23.9. The Morgan fingerprint density at radius 1 is 0.594 bits per heavy atom. The molecule has 0 fully saturated rings. The third-order valence-corrected chi connectivity index (χ3v) is 6.00. The number of carbonyl (C=O) groups is 2. The molecule has 0 heterocycles. The van der Waals surface area contributed by atoms with Gasteiger partial charge in [-0.3, -0.25) is 9.59 Å². The summed E-state index contributed by atoms with van der Waals surface area (Å²) in [5.74, 6) is 0.289. The van der Waals surface area contributed by atoms with Crippen LogP contribution in [0.4, 0.5) is 0 Å². The van der Waals surface area contributed by atoms with Crippen molar-refractivity contribution in [2.75, 3.05) is 6.61 Å². The Morgan fingerprint density at radius 3 is 1.62 bits per heavy atom. The van der Waals surface area contributed by atoms with E-state index in [1.54, 1.807) is 0 Å². The molecular formula is C28H54O4. The molecule has 1 unspecified atom stereocenters. The highest BCUT2D eigenvalue weighted by Crippen LogP contribution is 2.13. The van der Waals surface area contributed by atoms with Crippen LogP contribution in [0.3, 0.4) is 0 Å². The van der Waals surface area contributed by atoms with Crippen molar-refractivity contribution in [2.45, 2.75) is 156 Å². The lowest BCUT2D eigenvalue weighted by molar-refractivity contribution is -0.149. The SMILES string of the molecule is CCCCCCCCCCCCCCCOC(=O)CCCC(=O)OC(C)CCCC(C)C. The van der Waals surface area contributed by atoms with Crippen LogP contribution in [0.5, 0.6) is 0 Å². The van der Waals surface area contributed by atoms with Gasteiger partial charge in [0.1, 0.15) is 0 Å². The number of esters is 2. The van der Waals surface area contributed by atoms with Crippen LogP contribution in [0.1, 0.15) is 150 Å². The molecule has 0 aromatic carbocycles.